The normalized spacial score (nSPS) is 11.4. The summed E-state index contributed by atoms with van der Waals surface area (Å²) in [6, 6.07) is 13.1. The van der Waals surface area contributed by atoms with Gasteiger partial charge >= 0.3 is 0 Å². The van der Waals surface area contributed by atoms with Gasteiger partial charge in [0.15, 0.2) is 0 Å². The molecule has 0 aliphatic carbocycles. The van der Waals surface area contributed by atoms with E-state index in [1.807, 2.05) is 37.3 Å². The predicted molar refractivity (Wildman–Crippen MR) is 85.2 cm³/mol. The largest absolute Gasteiger partial charge is 0.358 e. The van der Waals surface area contributed by atoms with E-state index in [4.69, 9.17) is 0 Å². The van der Waals surface area contributed by atoms with Gasteiger partial charge in [-0.05, 0) is 30.7 Å². The second-order valence-corrected chi connectivity index (χ2v) is 4.96. The van der Waals surface area contributed by atoms with Crippen LogP contribution in [0.1, 0.15) is 21.6 Å². The SMILES string of the molecule is Cc1[nH]c2ccccc2c1C(=O)/C(C#N)=C/c1cccnc1. The molecule has 0 aliphatic rings. The second kappa shape index (κ2) is 5.66. The number of aryl methyl sites for hydroxylation is 1. The number of nitriles is 1. The predicted octanol–water partition coefficient (Wildman–Crippen LogP) is 3.66. The summed E-state index contributed by atoms with van der Waals surface area (Å²) >= 11 is 0. The Morgan fingerprint density at radius 3 is 2.82 bits per heavy atom. The number of hydrogen-bond donors (Lipinski definition) is 1. The number of benzene rings is 1. The lowest BCUT2D eigenvalue weighted by Gasteiger charge is -2.00. The molecule has 1 N–H and O–H groups in total. The highest BCUT2D eigenvalue weighted by Crippen LogP contribution is 2.25. The smallest absolute Gasteiger partial charge is 0.205 e. The highest BCUT2D eigenvalue weighted by molar-refractivity contribution is 6.20. The molecule has 4 heteroatoms. The van der Waals surface area contributed by atoms with Crippen LogP contribution >= 0.6 is 0 Å². The quantitative estimate of drug-likeness (QED) is 0.454. The van der Waals surface area contributed by atoms with Gasteiger partial charge in [0, 0.05) is 29.0 Å². The molecular formula is C18H13N3O. The maximum Gasteiger partial charge on any atom is 0.205 e. The maximum absolute atomic E-state index is 12.7. The molecule has 0 saturated heterocycles. The van der Waals surface area contributed by atoms with Crippen molar-refractivity contribution in [1.29, 1.82) is 5.26 Å². The van der Waals surface area contributed by atoms with E-state index in [9.17, 15) is 10.1 Å². The van der Waals surface area contributed by atoms with E-state index < -0.39 is 0 Å². The molecule has 0 saturated carbocycles. The molecule has 1 aromatic carbocycles. The summed E-state index contributed by atoms with van der Waals surface area (Å²) in [5.41, 5.74) is 3.03. The topological polar surface area (TPSA) is 69.5 Å². The summed E-state index contributed by atoms with van der Waals surface area (Å²) in [5.74, 6) is -0.277. The fraction of sp³-hybridized carbons (Fsp3) is 0.0556. The molecular weight excluding hydrogens is 274 g/mol. The van der Waals surface area contributed by atoms with Crippen LogP contribution in [0.3, 0.4) is 0 Å². The van der Waals surface area contributed by atoms with Crippen LogP contribution in [0.25, 0.3) is 17.0 Å². The first-order chi connectivity index (χ1) is 10.7. The molecule has 3 rings (SSSR count). The number of aromatic nitrogens is 2. The molecule has 0 amide bonds. The van der Waals surface area contributed by atoms with Crippen LogP contribution in [0.4, 0.5) is 0 Å². The average molecular weight is 287 g/mol. The number of aromatic amines is 1. The van der Waals surface area contributed by atoms with Crippen molar-refractivity contribution in [2.45, 2.75) is 6.92 Å². The van der Waals surface area contributed by atoms with Gasteiger partial charge in [-0.2, -0.15) is 5.26 Å². The number of para-hydroxylation sites is 1. The van der Waals surface area contributed by atoms with Gasteiger partial charge in [-0.15, -0.1) is 0 Å². The van der Waals surface area contributed by atoms with E-state index in [1.165, 1.54) is 0 Å². The van der Waals surface area contributed by atoms with Crippen molar-refractivity contribution in [3.05, 3.63) is 71.2 Å². The number of nitrogens with zero attached hydrogens (tertiary/aromatic N) is 2. The first-order valence-corrected chi connectivity index (χ1v) is 6.84. The van der Waals surface area contributed by atoms with Crippen LogP contribution in [0.2, 0.25) is 0 Å². The number of allylic oxidation sites excluding steroid dienone is 1. The molecule has 0 unspecified atom stereocenters. The van der Waals surface area contributed by atoms with E-state index in [-0.39, 0.29) is 11.4 Å². The van der Waals surface area contributed by atoms with Gasteiger partial charge in [0.05, 0.1) is 5.56 Å². The maximum atomic E-state index is 12.7. The van der Waals surface area contributed by atoms with Crippen molar-refractivity contribution in [3.8, 4) is 6.07 Å². The zero-order valence-electron chi connectivity index (χ0n) is 12.0. The number of carbonyl (C=O) groups excluding carboxylic acids is 1. The summed E-state index contributed by atoms with van der Waals surface area (Å²) in [6.45, 7) is 1.84. The molecule has 22 heavy (non-hydrogen) atoms. The third-order valence-electron chi connectivity index (χ3n) is 3.48. The number of rotatable bonds is 3. The van der Waals surface area contributed by atoms with Crippen LogP contribution in [-0.2, 0) is 0 Å². The Labute approximate surface area is 127 Å². The first kappa shape index (κ1) is 13.8. The highest BCUT2D eigenvalue weighted by Gasteiger charge is 2.19. The number of nitrogens with one attached hydrogen (secondary N) is 1. The van der Waals surface area contributed by atoms with Crippen molar-refractivity contribution >= 4 is 22.8 Å². The van der Waals surface area contributed by atoms with E-state index in [0.29, 0.717) is 5.56 Å². The summed E-state index contributed by atoms with van der Waals surface area (Å²) < 4.78 is 0. The summed E-state index contributed by atoms with van der Waals surface area (Å²) in [6.07, 6.45) is 4.83. The summed E-state index contributed by atoms with van der Waals surface area (Å²) in [5, 5.41) is 10.2. The Bertz CT molecular complexity index is 914. The Kier molecular flexibility index (Phi) is 3.55. The molecule has 0 spiro atoms. The number of hydrogen-bond acceptors (Lipinski definition) is 3. The Balaban J connectivity index is 2.10. The lowest BCUT2D eigenvalue weighted by Crippen LogP contribution is -2.03. The lowest BCUT2D eigenvalue weighted by molar-refractivity contribution is 0.104. The molecule has 0 atom stereocenters. The minimum atomic E-state index is -0.277. The standard InChI is InChI=1S/C18H13N3O/c1-12-17(15-6-2-3-7-16(15)21-12)18(22)14(10-19)9-13-5-4-8-20-11-13/h2-9,11,21H,1H3/b14-9+. The fourth-order valence-electron chi connectivity index (χ4n) is 2.48. The van der Waals surface area contributed by atoms with Crippen LogP contribution in [0.15, 0.2) is 54.4 Å². The number of H-pyrrole nitrogens is 1. The molecule has 106 valence electrons. The molecule has 4 nitrogen and oxygen atoms in total. The van der Waals surface area contributed by atoms with Crippen molar-refractivity contribution in [2.24, 2.45) is 0 Å². The monoisotopic (exact) mass is 287 g/mol. The van der Waals surface area contributed by atoms with E-state index in [0.717, 1.165) is 22.2 Å². The minimum absolute atomic E-state index is 0.0980. The van der Waals surface area contributed by atoms with Gasteiger partial charge in [-0.25, -0.2) is 0 Å². The molecule has 2 aromatic heterocycles. The Morgan fingerprint density at radius 1 is 1.27 bits per heavy atom. The van der Waals surface area contributed by atoms with E-state index >= 15 is 0 Å². The van der Waals surface area contributed by atoms with Gasteiger partial charge in [0.1, 0.15) is 11.6 Å². The molecule has 0 fully saturated rings. The fourth-order valence-corrected chi connectivity index (χ4v) is 2.48. The summed E-state index contributed by atoms with van der Waals surface area (Å²) in [7, 11) is 0. The van der Waals surface area contributed by atoms with Crippen LogP contribution in [-0.4, -0.2) is 15.8 Å². The van der Waals surface area contributed by atoms with Gasteiger partial charge in [0.25, 0.3) is 0 Å². The molecule has 0 radical (unpaired) electrons. The van der Waals surface area contributed by atoms with Crippen molar-refractivity contribution in [2.75, 3.05) is 0 Å². The van der Waals surface area contributed by atoms with Crippen molar-refractivity contribution in [3.63, 3.8) is 0 Å². The summed E-state index contributed by atoms with van der Waals surface area (Å²) in [4.78, 5) is 19.9. The Hall–Kier alpha value is -3.19. The second-order valence-electron chi connectivity index (χ2n) is 4.96. The number of carbonyl (C=O) groups is 1. The van der Waals surface area contributed by atoms with Gasteiger partial charge in [0.2, 0.25) is 5.78 Å². The molecule has 3 aromatic rings. The number of ketones is 1. The highest BCUT2D eigenvalue weighted by atomic mass is 16.1. The van der Waals surface area contributed by atoms with Gasteiger partial charge in [-0.3, -0.25) is 9.78 Å². The average Bonchev–Trinajstić information content (AvgIpc) is 2.88. The van der Waals surface area contributed by atoms with Crippen molar-refractivity contribution in [1.82, 2.24) is 9.97 Å². The first-order valence-electron chi connectivity index (χ1n) is 6.84. The number of pyridine rings is 1. The van der Waals surface area contributed by atoms with Crippen LogP contribution < -0.4 is 0 Å². The minimum Gasteiger partial charge on any atom is -0.358 e. The third kappa shape index (κ3) is 2.40. The van der Waals surface area contributed by atoms with Crippen LogP contribution in [0, 0.1) is 18.3 Å². The van der Waals surface area contributed by atoms with E-state index in [2.05, 4.69) is 9.97 Å². The van der Waals surface area contributed by atoms with Gasteiger partial charge in [-0.1, -0.05) is 24.3 Å². The Morgan fingerprint density at radius 2 is 2.09 bits per heavy atom. The van der Waals surface area contributed by atoms with Crippen LogP contribution in [0.5, 0.6) is 0 Å². The third-order valence-corrected chi connectivity index (χ3v) is 3.48. The van der Waals surface area contributed by atoms with E-state index in [1.54, 1.807) is 30.6 Å². The zero-order chi connectivity index (χ0) is 15.5. The zero-order valence-corrected chi connectivity index (χ0v) is 12.0. The molecule has 0 bridgehead atoms. The van der Waals surface area contributed by atoms with Gasteiger partial charge < -0.3 is 4.98 Å². The number of fused-ring (bicyclic) bond motifs is 1. The number of Topliss-reactive ketones (excluding diaryl/α,β-unsaturated/α-hetero) is 1. The molecule has 0 aliphatic heterocycles. The molecule has 2 heterocycles. The van der Waals surface area contributed by atoms with Crippen molar-refractivity contribution < 1.29 is 4.79 Å². The lowest BCUT2D eigenvalue weighted by atomic mass is 10.00.